The molecule has 0 aliphatic carbocycles. The van der Waals surface area contributed by atoms with Crippen molar-refractivity contribution in [3.63, 3.8) is 0 Å². The Morgan fingerprint density at radius 3 is 2.85 bits per heavy atom. The van der Waals surface area contributed by atoms with Crippen molar-refractivity contribution in [2.45, 2.75) is 13.0 Å². The fourth-order valence-corrected chi connectivity index (χ4v) is 1.79. The Bertz CT molecular complexity index is 431. The van der Waals surface area contributed by atoms with Crippen LogP contribution in [0, 0.1) is 0 Å². The van der Waals surface area contributed by atoms with Gasteiger partial charge in [-0.25, -0.2) is 0 Å². The van der Waals surface area contributed by atoms with Gasteiger partial charge in [0.1, 0.15) is 5.58 Å². The van der Waals surface area contributed by atoms with Crippen molar-refractivity contribution in [2.24, 2.45) is 0 Å². The molecule has 68 valence electrons. The van der Waals surface area contributed by atoms with Gasteiger partial charge in [0.05, 0.1) is 12.4 Å². The summed E-state index contributed by atoms with van der Waals surface area (Å²) < 4.78 is 5.19. The van der Waals surface area contributed by atoms with Gasteiger partial charge in [0.2, 0.25) is 0 Å². The molecule has 1 unspecified atom stereocenters. The quantitative estimate of drug-likeness (QED) is 0.760. The lowest BCUT2D eigenvalue weighted by Crippen LogP contribution is -1.92. The van der Waals surface area contributed by atoms with Gasteiger partial charge in [0.25, 0.3) is 0 Å². The second-order valence-corrected chi connectivity index (χ2v) is 3.38. The van der Waals surface area contributed by atoms with Crippen LogP contribution in [0.1, 0.15) is 18.6 Å². The first-order chi connectivity index (χ1) is 6.20. The molecular weight excluding hydrogens is 188 g/mol. The molecule has 0 aliphatic rings. The summed E-state index contributed by atoms with van der Waals surface area (Å²) in [5, 5.41) is 10.9. The van der Waals surface area contributed by atoms with E-state index in [0.717, 1.165) is 16.5 Å². The lowest BCUT2D eigenvalue weighted by molar-refractivity contribution is 0.201. The van der Waals surface area contributed by atoms with Gasteiger partial charge in [-0.05, 0) is 25.1 Å². The fraction of sp³-hybridized carbons (Fsp3) is 0.200. The molecule has 0 amide bonds. The summed E-state index contributed by atoms with van der Waals surface area (Å²) in [6.45, 7) is 1.69. The molecule has 0 bridgehead atoms. The Labute approximate surface area is 80.7 Å². The highest BCUT2D eigenvalue weighted by atomic mass is 35.5. The third-order valence-electron chi connectivity index (χ3n) is 2.04. The maximum absolute atomic E-state index is 9.49. The minimum absolute atomic E-state index is 0.573. The van der Waals surface area contributed by atoms with Gasteiger partial charge in [-0.15, -0.1) is 0 Å². The predicted octanol–water partition coefficient (Wildman–Crippen LogP) is 3.14. The Balaban J connectivity index is 2.80. The van der Waals surface area contributed by atoms with Crippen LogP contribution in [0.4, 0.5) is 0 Å². The fourth-order valence-electron chi connectivity index (χ4n) is 1.46. The van der Waals surface area contributed by atoms with Gasteiger partial charge in [-0.1, -0.05) is 11.6 Å². The van der Waals surface area contributed by atoms with E-state index in [1.165, 1.54) is 0 Å². The molecule has 0 saturated carbocycles. The maximum atomic E-state index is 9.49. The molecule has 2 nitrogen and oxygen atoms in total. The Morgan fingerprint density at radius 1 is 1.38 bits per heavy atom. The number of hydrogen-bond acceptors (Lipinski definition) is 2. The molecule has 0 saturated heterocycles. The van der Waals surface area contributed by atoms with Crippen molar-refractivity contribution in [3.8, 4) is 0 Å². The largest absolute Gasteiger partial charge is 0.464 e. The molecule has 3 heteroatoms. The van der Waals surface area contributed by atoms with Gasteiger partial charge in [0, 0.05) is 16.0 Å². The number of fused-ring (bicyclic) bond motifs is 1. The molecular formula is C10H9ClO2. The van der Waals surface area contributed by atoms with Crippen LogP contribution in [-0.2, 0) is 0 Å². The van der Waals surface area contributed by atoms with E-state index < -0.39 is 6.10 Å². The van der Waals surface area contributed by atoms with E-state index in [4.69, 9.17) is 16.0 Å². The van der Waals surface area contributed by atoms with Crippen LogP contribution in [0.5, 0.6) is 0 Å². The third-order valence-corrected chi connectivity index (χ3v) is 2.37. The Hall–Kier alpha value is -0.990. The first-order valence-corrected chi connectivity index (χ1v) is 4.41. The number of rotatable bonds is 1. The normalized spacial score (nSPS) is 13.5. The highest BCUT2D eigenvalue weighted by Crippen LogP contribution is 2.31. The van der Waals surface area contributed by atoms with Crippen LogP contribution >= 0.6 is 11.6 Å². The average molecular weight is 197 g/mol. The predicted molar refractivity (Wildman–Crippen MR) is 51.9 cm³/mol. The second kappa shape index (κ2) is 3.05. The Kier molecular flexibility index (Phi) is 2.02. The smallest absolute Gasteiger partial charge is 0.134 e. The van der Waals surface area contributed by atoms with Gasteiger partial charge < -0.3 is 9.52 Å². The lowest BCUT2D eigenvalue weighted by Gasteiger charge is -2.07. The molecule has 13 heavy (non-hydrogen) atoms. The molecule has 0 aliphatic heterocycles. The van der Waals surface area contributed by atoms with Crippen LogP contribution in [0.3, 0.4) is 0 Å². The van der Waals surface area contributed by atoms with Crippen molar-refractivity contribution >= 4 is 22.6 Å². The zero-order valence-corrected chi connectivity index (χ0v) is 7.88. The number of furan rings is 1. The first-order valence-electron chi connectivity index (χ1n) is 4.04. The summed E-state index contributed by atoms with van der Waals surface area (Å²) in [6.07, 6.45) is 1.01. The summed E-state index contributed by atoms with van der Waals surface area (Å²) in [5.41, 5.74) is 1.48. The number of aliphatic hydroxyl groups excluding tert-OH is 1. The Morgan fingerprint density at radius 2 is 2.15 bits per heavy atom. The van der Waals surface area contributed by atoms with E-state index in [0.29, 0.717) is 5.02 Å². The van der Waals surface area contributed by atoms with E-state index in [9.17, 15) is 5.11 Å². The highest BCUT2D eigenvalue weighted by molar-refractivity contribution is 6.32. The molecule has 0 fully saturated rings. The minimum Gasteiger partial charge on any atom is -0.464 e. The van der Waals surface area contributed by atoms with E-state index in [2.05, 4.69) is 0 Å². The second-order valence-electron chi connectivity index (χ2n) is 2.97. The maximum Gasteiger partial charge on any atom is 0.134 e. The van der Waals surface area contributed by atoms with Crippen LogP contribution in [0.25, 0.3) is 11.0 Å². The highest BCUT2D eigenvalue weighted by Gasteiger charge is 2.12. The van der Waals surface area contributed by atoms with Crippen molar-refractivity contribution < 1.29 is 9.52 Å². The van der Waals surface area contributed by atoms with Crippen molar-refractivity contribution in [3.05, 3.63) is 35.0 Å². The van der Waals surface area contributed by atoms with Crippen LogP contribution in [0.2, 0.25) is 5.02 Å². The summed E-state index contributed by atoms with van der Waals surface area (Å²) in [6, 6.07) is 5.34. The average Bonchev–Trinajstić information content (AvgIpc) is 2.50. The standard InChI is InChI=1S/C10H9ClO2/c1-6(12)10-7-4-5-13-9(7)3-2-8(10)11/h2-6,12H,1H3. The molecule has 2 rings (SSSR count). The zero-order valence-electron chi connectivity index (χ0n) is 7.12. The molecule has 1 heterocycles. The van der Waals surface area contributed by atoms with Crippen LogP contribution in [-0.4, -0.2) is 5.11 Å². The van der Waals surface area contributed by atoms with Crippen molar-refractivity contribution in [2.75, 3.05) is 0 Å². The summed E-state index contributed by atoms with van der Waals surface area (Å²) >= 11 is 5.95. The van der Waals surface area contributed by atoms with E-state index in [1.54, 1.807) is 25.3 Å². The number of halogens is 1. The lowest BCUT2D eigenvalue weighted by atomic mass is 10.1. The SMILES string of the molecule is CC(O)c1c(Cl)ccc2occc12. The minimum atomic E-state index is -0.575. The van der Waals surface area contributed by atoms with Gasteiger partial charge >= 0.3 is 0 Å². The van der Waals surface area contributed by atoms with Gasteiger partial charge in [0.15, 0.2) is 0 Å². The molecule has 2 aromatic rings. The molecule has 1 aromatic carbocycles. The van der Waals surface area contributed by atoms with E-state index in [1.807, 2.05) is 6.07 Å². The first kappa shape index (κ1) is 8.60. The van der Waals surface area contributed by atoms with Crippen LogP contribution < -0.4 is 0 Å². The number of aliphatic hydroxyl groups is 1. The van der Waals surface area contributed by atoms with Gasteiger partial charge in [-0.3, -0.25) is 0 Å². The topological polar surface area (TPSA) is 33.4 Å². The molecule has 1 aromatic heterocycles. The monoisotopic (exact) mass is 196 g/mol. The molecule has 1 N–H and O–H groups in total. The molecule has 0 radical (unpaired) electrons. The van der Waals surface area contributed by atoms with Crippen molar-refractivity contribution in [1.82, 2.24) is 0 Å². The summed E-state index contributed by atoms with van der Waals surface area (Å²) in [7, 11) is 0. The third kappa shape index (κ3) is 1.32. The summed E-state index contributed by atoms with van der Waals surface area (Å²) in [4.78, 5) is 0. The van der Waals surface area contributed by atoms with Gasteiger partial charge in [-0.2, -0.15) is 0 Å². The van der Waals surface area contributed by atoms with Crippen molar-refractivity contribution in [1.29, 1.82) is 0 Å². The van der Waals surface area contributed by atoms with E-state index >= 15 is 0 Å². The summed E-state index contributed by atoms with van der Waals surface area (Å²) in [5.74, 6) is 0. The number of benzene rings is 1. The number of hydrogen-bond donors (Lipinski definition) is 1. The molecule has 0 spiro atoms. The zero-order chi connectivity index (χ0) is 9.42. The van der Waals surface area contributed by atoms with Crippen LogP contribution in [0.15, 0.2) is 28.9 Å². The van der Waals surface area contributed by atoms with E-state index in [-0.39, 0.29) is 0 Å². The molecule has 1 atom stereocenters.